The number of aryl methyl sites for hydroxylation is 1. The lowest BCUT2D eigenvalue weighted by atomic mass is 10.2. The van der Waals surface area contributed by atoms with Gasteiger partial charge in [0.15, 0.2) is 0 Å². The van der Waals surface area contributed by atoms with Gasteiger partial charge in [0.1, 0.15) is 6.17 Å². The highest BCUT2D eigenvalue weighted by Crippen LogP contribution is 2.24. The maximum absolute atomic E-state index is 13.8. The molecule has 3 rings (SSSR count). The fourth-order valence-corrected chi connectivity index (χ4v) is 3.63. The van der Waals surface area contributed by atoms with Crippen LogP contribution < -0.4 is 10.6 Å². The topological polar surface area (TPSA) is 57.3 Å². The second kappa shape index (κ2) is 7.72. The molecule has 0 bridgehead atoms. The molecule has 7 heteroatoms. The van der Waals surface area contributed by atoms with Crippen LogP contribution in [0.4, 0.5) is 14.9 Å². The van der Waals surface area contributed by atoms with Gasteiger partial charge >= 0.3 is 6.03 Å². The van der Waals surface area contributed by atoms with E-state index in [2.05, 4.69) is 26.6 Å². The summed E-state index contributed by atoms with van der Waals surface area (Å²) in [5.41, 5.74) is 1.63. The second-order valence-corrected chi connectivity index (χ2v) is 7.05. The molecule has 2 aromatic rings. The van der Waals surface area contributed by atoms with Crippen molar-refractivity contribution in [2.75, 3.05) is 18.4 Å². The van der Waals surface area contributed by atoms with Crippen LogP contribution in [0.5, 0.6) is 0 Å². The van der Waals surface area contributed by atoms with Crippen LogP contribution in [0.3, 0.4) is 0 Å². The standard InChI is InChI=1S/C17H21FN4OS/c1-12-4-5-19-9-16(12)21-17(23)20-8-14-7-13(18)10-22(14)11-15-3-2-6-24-15/h2-6,9,13-14H,7-8,10-11H2,1H3,(H2,20,21,23)/t13-,14-/m0/s1. The molecule has 1 saturated heterocycles. The summed E-state index contributed by atoms with van der Waals surface area (Å²) in [6.07, 6.45) is 2.92. The van der Waals surface area contributed by atoms with Crippen LogP contribution in [0, 0.1) is 6.92 Å². The number of halogens is 1. The van der Waals surface area contributed by atoms with Crippen LogP contribution in [0.15, 0.2) is 36.0 Å². The summed E-state index contributed by atoms with van der Waals surface area (Å²) >= 11 is 1.67. The van der Waals surface area contributed by atoms with Crippen LogP contribution in [0.2, 0.25) is 0 Å². The lowest BCUT2D eigenvalue weighted by Gasteiger charge is -2.23. The number of anilines is 1. The van der Waals surface area contributed by atoms with Gasteiger partial charge in [-0.2, -0.15) is 0 Å². The third kappa shape index (κ3) is 4.30. The molecular formula is C17H21FN4OS. The average molecular weight is 348 g/mol. The van der Waals surface area contributed by atoms with Gasteiger partial charge in [0, 0.05) is 36.8 Å². The Morgan fingerprint density at radius 2 is 2.38 bits per heavy atom. The summed E-state index contributed by atoms with van der Waals surface area (Å²) < 4.78 is 13.8. The zero-order chi connectivity index (χ0) is 16.9. The molecule has 1 aliphatic rings. The van der Waals surface area contributed by atoms with Gasteiger partial charge in [0.25, 0.3) is 0 Å². The number of pyridine rings is 1. The molecule has 2 atom stereocenters. The maximum Gasteiger partial charge on any atom is 0.319 e. The number of alkyl halides is 1. The van der Waals surface area contributed by atoms with Gasteiger partial charge in [-0.15, -0.1) is 11.3 Å². The number of aromatic nitrogens is 1. The smallest absolute Gasteiger partial charge is 0.319 e. The Balaban J connectivity index is 1.52. The van der Waals surface area contributed by atoms with Crippen LogP contribution in [-0.2, 0) is 6.54 Å². The van der Waals surface area contributed by atoms with E-state index in [0.717, 1.165) is 12.1 Å². The number of amides is 2. The molecule has 1 fully saturated rings. The van der Waals surface area contributed by atoms with E-state index < -0.39 is 6.17 Å². The first kappa shape index (κ1) is 16.9. The average Bonchev–Trinajstić information content (AvgIpc) is 3.18. The maximum atomic E-state index is 13.8. The zero-order valence-corrected chi connectivity index (χ0v) is 14.4. The van der Waals surface area contributed by atoms with Crippen molar-refractivity contribution in [3.05, 3.63) is 46.4 Å². The van der Waals surface area contributed by atoms with Gasteiger partial charge in [0.05, 0.1) is 11.9 Å². The van der Waals surface area contributed by atoms with E-state index in [1.165, 1.54) is 4.88 Å². The predicted molar refractivity (Wildman–Crippen MR) is 94.0 cm³/mol. The highest BCUT2D eigenvalue weighted by atomic mass is 32.1. The van der Waals surface area contributed by atoms with Crippen LogP contribution in [-0.4, -0.2) is 41.2 Å². The SMILES string of the molecule is Cc1ccncc1NC(=O)NC[C@@H]1C[C@H](F)CN1Cc1cccs1. The van der Waals surface area contributed by atoms with E-state index in [9.17, 15) is 9.18 Å². The molecule has 128 valence electrons. The van der Waals surface area contributed by atoms with E-state index in [1.807, 2.05) is 24.4 Å². The monoisotopic (exact) mass is 348 g/mol. The minimum Gasteiger partial charge on any atom is -0.336 e. The molecule has 0 saturated carbocycles. The first-order valence-corrected chi connectivity index (χ1v) is 8.85. The van der Waals surface area contributed by atoms with E-state index in [0.29, 0.717) is 25.2 Å². The Labute approximate surface area is 144 Å². The van der Waals surface area contributed by atoms with Gasteiger partial charge < -0.3 is 10.6 Å². The van der Waals surface area contributed by atoms with E-state index in [-0.39, 0.29) is 12.1 Å². The summed E-state index contributed by atoms with van der Waals surface area (Å²) in [4.78, 5) is 19.4. The summed E-state index contributed by atoms with van der Waals surface area (Å²) in [5, 5.41) is 7.65. The summed E-state index contributed by atoms with van der Waals surface area (Å²) in [6, 6.07) is 5.62. The molecule has 0 aromatic carbocycles. The Morgan fingerprint density at radius 1 is 1.50 bits per heavy atom. The predicted octanol–water partition coefficient (Wildman–Crippen LogP) is 3.19. The number of thiophene rings is 1. The van der Waals surface area contributed by atoms with Gasteiger partial charge in [-0.25, -0.2) is 9.18 Å². The number of urea groups is 1. The zero-order valence-electron chi connectivity index (χ0n) is 13.5. The number of carbonyl (C=O) groups excluding carboxylic acids is 1. The van der Waals surface area contributed by atoms with Crippen LogP contribution >= 0.6 is 11.3 Å². The Morgan fingerprint density at radius 3 is 3.12 bits per heavy atom. The van der Waals surface area contributed by atoms with Gasteiger partial charge in [-0.1, -0.05) is 6.07 Å². The van der Waals surface area contributed by atoms with Crippen LogP contribution in [0.1, 0.15) is 16.9 Å². The van der Waals surface area contributed by atoms with Crippen molar-refractivity contribution in [3.63, 3.8) is 0 Å². The van der Waals surface area contributed by atoms with Gasteiger partial charge in [-0.05, 0) is 36.4 Å². The minimum atomic E-state index is -0.833. The van der Waals surface area contributed by atoms with Crippen molar-refractivity contribution >= 4 is 23.1 Å². The number of nitrogens with one attached hydrogen (secondary N) is 2. The molecule has 0 spiro atoms. The lowest BCUT2D eigenvalue weighted by molar-refractivity contribution is 0.225. The molecule has 0 aliphatic carbocycles. The highest BCUT2D eigenvalue weighted by Gasteiger charge is 2.32. The van der Waals surface area contributed by atoms with Crippen molar-refractivity contribution in [1.82, 2.24) is 15.2 Å². The molecule has 5 nitrogen and oxygen atoms in total. The quantitative estimate of drug-likeness (QED) is 0.872. The van der Waals surface area contributed by atoms with Crippen molar-refractivity contribution in [2.24, 2.45) is 0 Å². The molecule has 2 aromatic heterocycles. The van der Waals surface area contributed by atoms with E-state index >= 15 is 0 Å². The molecule has 0 radical (unpaired) electrons. The summed E-state index contributed by atoms with van der Waals surface area (Å²) in [6.45, 7) is 3.49. The van der Waals surface area contributed by atoms with Crippen molar-refractivity contribution in [3.8, 4) is 0 Å². The Bertz CT molecular complexity index is 679. The van der Waals surface area contributed by atoms with Gasteiger partial charge in [-0.3, -0.25) is 9.88 Å². The first-order valence-electron chi connectivity index (χ1n) is 7.98. The molecule has 3 heterocycles. The Hall–Kier alpha value is -1.99. The number of nitrogens with zero attached hydrogens (tertiary/aromatic N) is 2. The third-order valence-electron chi connectivity index (χ3n) is 4.20. The number of hydrogen-bond acceptors (Lipinski definition) is 4. The van der Waals surface area contributed by atoms with Crippen molar-refractivity contribution in [1.29, 1.82) is 0 Å². The first-order chi connectivity index (χ1) is 11.6. The number of hydrogen-bond donors (Lipinski definition) is 2. The van der Waals surface area contributed by atoms with E-state index in [4.69, 9.17) is 0 Å². The molecule has 24 heavy (non-hydrogen) atoms. The fraction of sp³-hybridized carbons (Fsp3) is 0.412. The molecule has 1 aliphatic heterocycles. The van der Waals surface area contributed by atoms with E-state index in [1.54, 1.807) is 23.7 Å². The largest absolute Gasteiger partial charge is 0.336 e. The number of carbonyl (C=O) groups is 1. The molecule has 2 N–H and O–H groups in total. The number of likely N-dealkylation sites (tertiary alicyclic amines) is 1. The third-order valence-corrected chi connectivity index (χ3v) is 5.06. The molecular weight excluding hydrogens is 327 g/mol. The normalized spacial score (nSPS) is 20.9. The minimum absolute atomic E-state index is 0.0165. The second-order valence-electron chi connectivity index (χ2n) is 6.02. The summed E-state index contributed by atoms with van der Waals surface area (Å²) in [5.74, 6) is 0. The summed E-state index contributed by atoms with van der Waals surface area (Å²) in [7, 11) is 0. The Kier molecular flexibility index (Phi) is 5.42. The molecule has 0 unspecified atom stereocenters. The van der Waals surface area contributed by atoms with Crippen molar-refractivity contribution < 1.29 is 9.18 Å². The molecule has 2 amide bonds. The van der Waals surface area contributed by atoms with Gasteiger partial charge in [0.2, 0.25) is 0 Å². The number of rotatable bonds is 5. The highest BCUT2D eigenvalue weighted by molar-refractivity contribution is 7.09. The van der Waals surface area contributed by atoms with Crippen molar-refractivity contribution in [2.45, 2.75) is 32.1 Å². The van der Waals surface area contributed by atoms with Crippen LogP contribution in [0.25, 0.3) is 0 Å². The lowest BCUT2D eigenvalue weighted by Crippen LogP contribution is -2.41. The fourth-order valence-electron chi connectivity index (χ4n) is 2.90.